The number of carbonyl (C=O) groups is 3. The van der Waals surface area contributed by atoms with Crippen molar-refractivity contribution in [3.63, 3.8) is 0 Å². The van der Waals surface area contributed by atoms with Gasteiger partial charge in [-0.15, -0.1) is 0 Å². The molecule has 0 heterocycles. The van der Waals surface area contributed by atoms with Gasteiger partial charge in [0, 0.05) is 6.54 Å². The molecule has 7 nitrogen and oxygen atoms in total. The standard InChI is InChI=1S/C10H16N2O5/c1-6(2)3-4-11-10(17)12-7(9(15)16)5-8(13)14/h3,7H,4-5H2,1-2H3,(H,13,14)(H,15,16)(H2,11,12,17). The Balaban J connectivity index is 4.17. The highest BCUT2D eigenvalue weighted by molar-refractivity contribution is 5.86. The van der Waals surface area contributed by atoms with E-state index in [1.807, 2.05) is 13.8 Å². The predicted octanol–water partition coefficient (Wildman–Crippen LogP) is 0.180. The zero-order chi connectivity index (χ0) is 13.4. The van der Waals surface area contributed by atoms with E-state index in [4.69, 9.17) is 10.2 Å². The average Bonchev–Trinajstić information content (AvgIpc) is 2.15. The van der Waals surface area contributed by atoms with Crippen molar-refractivity contribution >= 4 is 18.0 Å². The van der Waals surface area contributed by atoms with Crippen molar-refractivity contribution in [1.29, 1.82) is 0 Å². The second-order valence-corrected chi connectivity index (χ2v) is 3.62. The van der Waals surface area contributed by atoms with Crippen molar-refractivity contribution in [3.8, 4) is 0 Å². The van der Waals surface area contributed by atoms with Crippen LogP contribution in [0.1, 0.15) is 20.3 Å². The topological polar surface area (TPSA) is 116 Å². The molecule has 2 amide bonds. The number of nitrogens with one attached hydrogen (secondary N) is 2. The van der Waals surface area contributed by atoms with Gasteiger partial charge in [-0.3, -0.25) is 4.79 Å². The highest BCUT2D eigenvalue weighted by atomic mass is 16.4. The fraction of sp³-hybridized carbons (Fsp3) is 0.500. The van der Waals surface area contributed by atoms with Gasteiger partial charge in [0.25, 0.3) is 0 Å². The van der Waals surface area contributed by atoms with Crippen LogP contribution in [0.4, 0.5) is 4.79 Å². The summed E-state index contributed by atoms with van der Waals surface area (Å²) < 4.78 is 0. The molecular formula is C10H16N2O5. The van der Waals surface area contributed by atoms with E-state index in [9.17, 15) is 14.4 Å². The third-order valence-electron chi connectivity index (χ3n) is 1.76. The molecule has 7 heteroatoms. The van der Waals surface area contributed by atoms with Crippen LogP contribution in [-0.4, -0.2) is 40.8 Å². The number of aliphatic carboxylic acids is 2. The van der Waals surface area contributed by atoms with E-state index in [1.54, 1.807) is 6.08 Å². The van der Waals surface area contributed by atoms with Gasteiger partial charge < -0.3 is 20.8 Å². The summed E-state index contributed by atoms with van der Waals surface area (Å²) in [6, 6.07) is -2.14. The number of carbonyl (C=O) groups excluding carboxylic acids is 1. The summed E-state index contributed by atoms with van der Waals surface area (Å²) in [5, 5.41) is 21.6. The number of carboxylic acids is 2. The van der Waals surface area contributed by atoms with Crippen molar-refractivity contribution in [3.05, 3.63) is 11.6 Å². The van der Waals surface area contributed by atoms with Gasteiger partial charge in [0.05, 0.1) is 6.42 Å². The second-order valence-electron chi connectivity index (χ2n) is 3.62. The third-order valence-corrected chi connectivity index (χ3v) is 1.76. The Kier molecular flexibility index (Phi) is 6.39. The average molecular weight is 244 g/mol. The summed E-state index contributed by atoms with van der Waals surface area (Å²) in [6.45, 7) is 3.96. The molecule has 0 radical (unpaired) electrons. The van der Waals surface area contributed by atoms with Crippen LogP contribution in [0.3, 0.4) is 0 Å². The molecular weight excluding hydrogens is 228 g/mol. The van der Waals surface area contributed by atoms with E-state index in [-0.39, 0.29) is 6.54 Å². The molecule has 0 saturated carbocycles. The molecule has 4 N–H and O–H groups in total. The lowest BCUT2D eigenvalue weighted by Crippen LogP contribution is -2.47. The maximum absolute atomic E-state index is 11.2. The molecule has 0 aliphatic heterocycles. The second kappa shape index (κ2) is 7.26. The summed E-state index contributed by atoms with van der Waals surface area (Å²) in [5.41, 5.74) is 1.01. The lowest BCUT2D eigenvalue weighted by atomic mass is 10.2. The highest BCUT2D eigenvalue weighted by Gasteiger charge is 2.22. The minimum atomic E-state index is -1.43. The Bertz CT molecular complexity index is 334. The van der Waals surface area contributed by atoms with Crippen LogP contribution in [0.2, 0.25) is 0 Å². The lowest BCUT2D eigenvalue weighted by Gasteiger charge is -2.12. The smallest absolute Gasteiger partial charge is 0.326 e. The molecule has 0 fully saturated rings. The first kappa shape index (κ1) is 14.9. The molecule has 0 aromatic rings. The summed E-state index contributed by atoms with van der Waals surface area (Å²) in [5.74, 6) is -2.67. The number of hydrogen-bond donors (Lipinski definition) is 4. The van der Waals surface area contributed by atoms with Crippen LogP contribution < -0.4 is 10.6 Å². The normalized spacial score (nSPS) is 11.2. The molecule has 0 aliphatic rings. The van der Waals surface area contributed by atoms with Gasteiger partial charge in [0.2, 0.25) is 0 Å². The fourth-order valence-corrected chi connectivity index (χ4v) is 0.932. The molecule has 0 bridgehead atoms. The van der Waals surface area contributed by atoms with E-state index < -0.39 is 30.4 Å². The summed E-state index contributed by atoms with van der Waals surface area (Å²) >= 11 is 0. The molecule has 0 saturated heterocycles. The first-order valence-corrected chi connectivity index (χ1v) is 4.95. The Morgan fingerprint density at radius 2 is 1.82 bits per heavy atom. The molecule has 0 aromatic heterocycles. The van der Waals surface area contributed by atoms with Crippen molar-refractivity contribution in [1.82, 2.24) is 10.6 Å². The minimum Gasteiger partial charge on any atom is -0.481 e. The molecule has 0 aromatic carbocycles. The molecule has 0 rings (SSSR count). The molecule has 1 atom stereocenters. The largest absolute Gasteiger partial charge is 0.481 e. The number of carboxylic acid groups (broad SMARTS) is 2. The Morgan fingerprint density at radius 1 is 1.24 bits per heavy atom. The molecule has 0 aliphatic carbocycles. The van der Waals surface area contributed by atoms with Gasteiger partial charge >= 0.3 is 18.0 Å². The Morgan fingerprint density at radius 3 is 2.24 bits per heavy atom. The number of amides is 2. The van der Waals surface area contributed by atoms with Gasteiger partial charge in [-0.2, -0.15) is 0 Å². The van der Waals surface area contributed by atoms with Crippen molar-refractivity contribution in [2.45, 2.75) is 26.3 Å². The van der Waals surface area contributed by atoms with Gasteiger partial charge in [0.15, 0.2) is 0 Å². The van der Waals surface area contributed by atoms with Gasteiger partial charge in [0.1, 0.15) is 6.04 Å². The van der Waals surface area contributed by atoms with Crippen LogP contribution in [0, 0.1) is 0 Å². The van der Waals surface area contributed by atoms with Crippen molar-refractivity contribution in [2.75, 3.05) is 6.54 Å². The Hall–Kier alpha value is -2.05. The van der Waals surface area contributed by atoms with Crippen LogP contribution >= 0.6 is 0 Å². The van der Waals surface area contributed by atoms with Gasteiger partial charge in [-0.1, -0.05) is 11.6 Å². The fourth-order valence-electron chi connectivity index (χ4n) is 0.932. The van der Waals surface area contributed by atoms with E-state index >= 15 is 0 Å². The Labute approximate surface area is 98.5 Å². The van der Waals surface area contributed by atoms with Gasteiger partial charge in [-0.05, 0) is 13.8 Å². The van der Waals surface area contributed by atoms with Crippen LogP contribution in [0.25, 0.3) is 0 Å². The number of rotatable bonds is 6. The van der Waals surface area contributed by atoms with E-state index in [0.717, 1.165) is 5.57 Å². The van der Waals surface area contributed by atoms with Crippen LogP contribution in [-0.2, 0) is 9.59 Å². The van der Waals surface area contributed by atoms with Crippen LogP contribution in [0.15, 0.2) is 11.6 Å². The maximum atomic E-state index is 11.2. The zero-order valence-corrected chi connectivity index (χ0v) is 9.69. The summed E-state index contributed by atoms with van der Waals surface area (Å²) in [6.07, 6.45) is 1.08. The number of urea groups is 1. The quantitative estimate of drug-likeness (QED) is 0.497. The van der Waals surface area contributed by atoms with Crippen molar-refractivity contribution in [2.24, 2.45) is 0 Å². The number of hydrogen-bond acceptors (Lipinski definition) is 3. The molecule has 1 unspecified atom stereocenters. The molecule has 17 heavy (non-hydrogen) atoms. The van der Waals surface area contributed by atoms with Crippen molar-refractivity contribution < 1.29 is 24.6 Å². The highest BCUT2D eigenvalue weighted by Crippen LogP contribution is 1.92. The molecule has 0 spiro atoms. The monoisotopic (exact) mass is 244 g/mol. The zero-order valence-electron chi connectivity index (χ0n) is 9.69. The SMILES string of the molecule is CC(C)=CCNC(=O)NC(CC(=O)O)C(=O)O. The lowest BCUT2D eigenvalue weighted by molar-refractivity contribution is -0.145. The predicted molar refractivity (Wildman–Crippen MR) is 59.6 cm³/mol. The van der Waals surface area contributed by atoms with E-state index in [0.29, 0.717) is 0 Å². The first-order valence-electron chi connectivity index (χ1n) is 4.95. The van der Waals surface area contributed by atoms with E-state index in [1.165, 1.54) is 0 Å². The first-order chi connectivity index (χ1) is 7.82. The summed E-state index contributed by atoms with van der Waals surface area (Å²) in [4.78, 5) is 32.2. The summed E-state index contributed by atoms with van der Waals surface area (Å²) in [7, 11) is 0. The maximum Gasteiger partial charge on any atom is 0.326 e. The van der Waals surface area contributed by atoms with E-state index in [2.05, 4.69) is 10.6 Å². The minimum absolute atomic E-state index is 0.258. The third kappa shape index (κ3) is 7.83. The number of allylic oxidation sites excluding steroid dienone is 1. The van der Waals surface area contributed by atoms with Gasteiger partial charge in [-0.25, -0.2) is 9.59 Å². The molecule has 96 valence electrons. The van der Waals surface area contributed by atoms with Crippen LogP contribution in [0.5, 0.6) is 0 Å².